The standard InChI is InChI=1S/C16H22N2O2.C14H20N2.2H2/c1-20-16(19)14-7-5-13(6-8-14)12-18-11-3-10-17-9-2-4-15(17)18;1-2-6-13(7-3-1)12-16-11-5-10-15-9-4-8-14(15)16;;/h5-8,15H,2-4,9-12H2,1H3;1-3,6-7,14H,4-5,8-12H2;2*1H. The van der Waals surface area contributed by atoms with Crippen LogP contribution in [0.1, 0.15) is 62.9 Å². The Balaban J connectivity index is 0.000000204. The van der Waals surface area contributed by atoms with Crippen LogP contribution in [0.5, 0.6) is 0 Å². The average Bonchev–Trinajstić information content (AvgIpc) is 3.61. The van der Waals surface area contributed by atoms with Crippen molar-refractivity contribution in [3.8, 4) is 0 Å². The predicted molar refractivity (Wildman–Crippen MR) is 148 cm³/mol. The molecule has 6 nitrogen and oxygen atoms in total. The molecule has 0 aliphatic carbocycles. The monoisotopic (exact) mass is 494 g/mol. The van der Waals surface area contributed by atoms with Gasteiger partial charge in [0, 0.05) is 42.1 Å². The first-order valence-corrected chi connectivity index (χ1v) is 13.9. The fourth-order valence-corrected chi connectivity index (χ4v) is 6.50. The summed E-state index contributed by atoms with van der Waals surface area (Å²) in [5.74, 6) is -0.267. The van der Waals surface area contributed by atoms with Crippen molar-refractivity contribution in [3.63, 3.8) is 0 Å². The maximum absolute atomic E-state index is 11.4. The molecule has 2 atom stereocenters. The summed E-state index contributed by atoms with van der Waals surface area (Å²) in [4.78, 5) is 21.9. The molecule has 198 valence electrons. The van der Waals surface area contributed by atoms with E-state index in [1.807, 2.05) is 24.3 Å². The highest BCUT2D eigenvalue weighted by atomic mass is 16.5. The number of carbonyl (C=O) groups is 1. The number of hydrogen-bond acceptors (Lipinski definition) is 6. The van der Waals surface area contributed by atoms with E-state index in [0.717, 1.165) is 19.3 Å². The summed E-state index contributed by atoms with van der Waals surface area (Å²) in [6.45, 7) is 9.69. The highest BCUT2D eigenvalue weighted by molar-refractivity contribution is 5.89. The number of nitrogens with zero attached hydrogens (tertiary/aromatic N) is 4. The fraction of sp³-hybridized carbons (Fsp3) is 0.567. The summed E-state index contributed by atoms with van der Waals surface area (Å²) in [7, 11) is 1.42. The average molecular weight is 495 g/mol. The van der Waals surface area contributed by atoms with Crippen molar-refractivity contribution in [2.45, 2.75) is 63.9 Å². The molecular weight excluding hydrogens is 448 g/mol. The van der Waals surface area contributed by atoms with Gasteiger partial charge in [-0.25, -0.2) is 4.79 Å². The van der Waals surface area contributed by atoms with E-state index in [-0.39, 0.29) is 8.82 Å². The minimum Gasteiger partial charge on any atom is -0.465 e. The fourth-order valence-electron chi connectivity index (χ4n) is 6.50. The second kappa shape index (κ2) is 12.3. The zero-order chi connectivity index (χ0) is 24.7. The van der Waals surface area contributed by atoms with Crippen molar-refractivity contribution < 1.29 is 12.4 Å². The Morgan fingerprint density at radius 3 is 1.75 bits per heavy atom. The number of carbonyl (C=O) groups excluding carboxylic acids is 1. The number of fused-ring (bicyclic) bond motifs is 2. The molecule has 0 spiro atoms. The molecule has 2 aromatic carbocycles. The smallest absolute Gasteiger partial charge is 0.337 e. The van der Waals surface area contributed by atoms with Gasteiger partial charge in [0.05, 0.1) is 25.0 Å². The maximum atomic E-state index is 11.4. The Morgan fingerprint density at radius 1 is 0.722 bits per heavy atom. The molecule has 4 saturated heterocycles. The number of rotatable bonds is 5. The lowest BCUT2D eigenvalue weighted by Crippen LogP contribution is -2.49. The third-order valence-corrected chi connectivity index (χ3v) is 8.27. The van der Waals surface area contributed by atoms with Crippen molar-refractivity contribution in [2.75, 3.05) is 46.4 Å². The van der Waals surface area contributed by atoms with Gasteiger partial charge in [-0.2, -0.15) is 0 Å². The van der Waals surface area contributed by atoms with Gasteiger partial charge in [-0.05, 0) is 74.9 Å². The highest BCUT2D eigenvalue weighted by Crippen LogP contribution is 2.27. The van der Waals surface area contributed by atoms with Gasteiger partial charge in [0.1, 0.15) is 0 Å². The molecular formula is C30H46N4O2. The van der Waals surface area contributed by atoms with Crippen LogP contribution in [0.3, 0.4) is 0 Å². The lowest BCUT2D eigenvalue weighted by molar-refractivity contribution is 0.0286. The Hall–Kier alpha value is -2.25. The van der Waals surface area contributed by atoms with Crippen LogP contribution in [0.2, 0.25) is 0 Å². The predicted octanol–water partition coefficient (Wildman–Crippen LogP) is 4.91. The van der Waals surface area contributed by atoms with Gasteiger partial charge >= 0.3 is 5.97 Å². The molecule has 2 aromatic rings. The number of esters is 1. The molecule has 0 N–H and O–H groups in total. The Bertz CT molecular complexity index is 978. The minimum atomic E-state index is -0.267. The van der Waals surface area contributed by atoms with Crippen LogP contribution in [0, 0.1) is 0 Å². The number of hydrogen-bond donors (Lipinski definition) is 0. The van der Waals surface area contributed by atoms with Gasteiger partial charge in [-0.15, -0.1) is 0 Å². The van der Waals surface area contributed by atoms with Crippen molar-refractivity contribution in [3.05, 3.63) is 71.3 Å². The lowest BCUT2D eigenvalue weighted by Gasteiger charge is -2.40. The molecule has 4 aliphatic rings. The molecule has 0 radical (unpaired) electrons. The SMILES string of the molecule is COC(=O)c1ccc(CN2CCCN3CCCC32)cc1.[HH].[HH].c1ccc(CN2CCCN3CCCC32)cc1. The summed E-state index contributed by atoms with van der Waals surface area (Å²) in [5.41, 5.74) is 3.35. The van der Waals surface area contributed by atoms with Gasteiger partial charge in [-0.3, -0.25) is 19.6 Å². The van der Waals surface area contributed by atoms with Gasteiger partial charge in [0.2, 0.25) is 0 Å². The van der Waals surface area contributed by atoms with Crippen molar-refractivity contribution in [2.24, 2.45) is 0 Å². The van der Waals surface area contributed by atoms with E-state index in [0.29, 0.717) is 11.7 Å². The lowest BCUT2D eigenvalue weighted by atomic mass is 10.1. The highest BCUT2D eigenvalue weighted by Gasteiger charge is 2.33. The number of methoxy groups -OCH3 is 1. The van der Waals surface area contributed by atoms with Crippen LogP contribution in [0.15, 0.2) is 54.6 Å². The first-order chi connectivity index (χ1) is 17.7. The first kappa shape index (κ1) is 25.4. The molecule has 36 heavy (non-hydrogen) atoms. The Morgan fingerprint density at radius 2 is 1.22 bits per heavy atom. The molecule has 0 bridgehead atoms. The summed E-state index contributed by atoms with van der Waals surface area (Å²) in [6, 6.07) is 18.7. The molecule has 6 rings (SSSR count). The van der Waals surface area contributed by atoms with Crippen LogP contribution in [-0.4, -0.2) is 84.3 Å². The largest absolute Gasteiger partial charge is 0.465 e. The molecule has 0 saturated carbocycles. The van der Waals surface area contributed by atoms with Crippen molar-refractivity contribution >= 4 is 5.97 Å². The summed E-state index contributed by atoms with van der Waals surface area (Å²) in [5, 5.41) is 0. The molecule has 0 aromatic heterocycles. The Labute approximate surface area is 219 Å². The maximum Gasteiger partial charge on any atom is 0.337 e. The molecule has 4 heterocycles. The van der Waals surface area contributed by atoms with Crippen LogP contribution in [-0.2, 0) is 17.8 Å². The van der Waals surface area contributed by atoms with Crippen LogP contribution < -0.4 is 0 Å². The van der Waals surface area contributed by atoms with Gasteiger partial charge in [0.25, 0.3) is 0 Å². The van der Waals surface area contributed by atoms with Crippen molar-refractivity contribution in [1.82, 2.24) is 19.6 Å². The zero-order valence-corrected chi connectivity index (χ0v) is 21.9. The van der Waals surface area contributed by atoms with Crippen LogP contribution in [0.25, 0.3) is 0 Å². The van der Waals surface area contributed by atoms with Gasteiger partial charge < -0.3 is 4.74 Å². The van der Waals surface area contributed by atoms with Crippen LogP contribution in [0.4, 0.5) is 0 Å². The second-order valence-electron chi connectivity index (χ2n) is 10.6. The third-order valence-electron chi connectivity index (χ3n) is 8.27. The molecule has 4 fully saturated rings. The number of ether oxygens (including phenoxy) is 1. The van der Waals surface area contributed by atoms with Crippen molar-refractivity contribution in [1.29, 1.82) is 0 Å². The van der Waals surface area contributed by atoms with E-state index in [1.54, 1.807) is 0 Å². The second-order valence-corrected chi connectivity index (χ2v) is 10.6. The number of benzene rings is 2. The quantitative estimate of drug-likeness (QED) is 0.550. The van der Waals surface area contributed by atoms with E-state index < -0.39 is 0 Å². The summed E-state index contributed by atoms with van der Waals surface area (Å²) >= 11 is 0. The van der Waals surface area contributed by atoms with Gasteiger partial charge in [-0.1, -0.05) is 42.5 Å². The molecule has 2 unspecified atom stereocenters. The molecule has 0 amide bonds. The summed E-state index contributed by atoms with van der Waals surface area (Å²) in [6.07, 6.45) is 9.32. The van der Waals surface area contributed by atoms with E-state index >= 15 is 0 Å². The molecule has 4 aliphatic heterocycles. The summed E-state index contributed by atoms with van der Waals surface area (Å²) < 4.78 is 4.73. The van der Waals surface area contributed by atoms with E-state index in [9.17, 15) is 4.79 Å². The normalized spacial score (nSPS) is 25.0. The minimum absolute atomic E-state index is 0. The van der Waals surface area contributed by atoms with E-state index in [2.05, 4.69) is 49.9 Å². The topological polar surface area (TPSA) is 39.3 Å². The Kier molecular flexibility index (Phi) is 8.70. The van der Waals surface area contributed by atoms with Gasteiger partial charge in [0.15, 0.2) is 0 Å². The first-order valence-electron chi connectivity index (χ1n) is 13.9. The third kappa shape index (κ3) is 6.17. The molecule has 6 heteroatoms. The van der Waals surface area contributed by atoms with E-state index in [1.165, 1.54) is 96.0 Å². The van der Waals surface area contributed by atoms with Crippen LogP contribution >= 0.6 is 0 Å². The zero-order valence-electron chi connectivity index (χ0n) is 21.9. The van der Waals surface area contributed by atoms with E-state index in [4.69, 9.17) is 4.74 Å².